The van der Waals surface area contributed by atoms with E-state index in [1.807, 2.05) is 0 Å². The van der Waals surface area contributed by atoms with Crippen molar-refractivity contribution in [1.29, 1.82) is 0 Å². The van der Waals surface area contributed by atoms with Gasteiger partial charge in [0.05, 0.1) is 5.84 Å². The Balaban J connectivity index is 1.74. The van der Waals surface area contributed by atoms with Gasteiger partial charge in [0.15, 0.2) is 0 Å². The quantitative estimate of drug-likeness (QED) is 0.897. The van der Waals surface area contributed by atoms with E-state index in [0.717, 1.165) is 25.9 Å². The summed E-state index contributed by atoms with van der Waals surface area (Å²) in [6.45, 7) is 4.20. The molecule has 0 amide bonds. The molecule has 1 fully saturated rings. The normalized spacial score (nSPS) is 17.8. The summed E-state index contributed by atoms with van der Waals surface area (Å²) in [5, 5.41) is 1.35. The number of fused-ring (bicyclic) bond motifs is 1. The van der Waals surface area contributed by atoms with Crippen LogP contribution in [0.2, 0.25) is 0 Å². The highest BCUT2D eigenvalue weighted by molar-refractivity contribution is 5.86. The van der Waals surface area contributed by atoms with E-state index in [0.29, 0.717) is 0 Å². The molecule has 3 heteroatoms. The van der Waals surface area contributed by atoms with Gasteiger partial charge in [-0.05, 0) is 30.9 Å². The lowest BCUT2D eigenvalue weighted by Crippen LogP contribution is -2.19. The van der Waals surface area contributed by atoms with Gasteiger partial charge < -0.3 is 9.88 Å². The SMILES string of the molecule is Cc1cccc2c(CCN=C3CCCN3C)c[nH]c12. The summed E-state index contributed by atoms with van der Waals surface area (Å²) in [6, 6.07) is 6.48. The molecule has 19 heavy (non-hydrogen) atoms. The molecule has 0 aliphatic carbocycles. The number of H-pyrrole nitrogens is 1. The van der Waals surface area contributed by atoms with E-state index in [4.69, 9.17) is 4.99 Å². The molecule has 1 N–H and O–H groups in total. The van der Waals surface area contributed by atoms with E-state index in [9.17, 15) is 0 Å². The fraction of sp³-hybridized carbons (Fsp3) is 0.438. The number of aryl methyl sites for hydroxylation is 1. The van der Waals surface area contributed by atoms with Crippen LogP contribution in [0.3, 0.4) is 0 Å². The summed E-state index contributed by atoms with van der Waals surface area (Å²) in [5.41, 5.74) is 3.96. The highest BCUT2D eigenvalue weighted by Crippen LogP contribution is 2.21. The van der Waals surface area contributed by atoms with Crippen LogP contribution in [0.1, 0.15) is 24.0 Å². The van der Waals surface area contributed by atoms with Crippen molar-refractivity contribution in [2.75, 3.05) is 20.1 Å². The zero-order valence-electron chi connectivity index (χ0n) is 11.7. The van der Waals surface area contributed by atoms with Crippen molar-refractivity contribution in [3.05, 3.63) is 35.5 Å². The molecule has 1 aromatic carbocycles. The topological polar surface area (TPSA) is 31.4 Å². The van der Waals surface area contributed by atoms with Crippen molar-refractivity contribution in [1.82, 2.24) is 9.88 Å². The molecule has 0 saturated carbocycles. The van der Waals surface area contributed by atoms with Crippen molar-refractivity contribution in [2.45, 2.75) is 26.2 Å². The minimum absolute atomic E-state index is 0.889. The van der Waals surface area contributed by atoms with Gasteiger partial charge in [0, 0.05) is 43.7 Å². The first kappa shape index (κ1) is 12.3. The number of hydrogen-bond donors (Lipinski definition) is 1. The monoisotopic (exact) mass is 255 g/mol. The Morgan fingerprint density at radius 3 is 3.05 bits per heavy atom. The van der Waals surface area contributed by atoms with Crippen LogP contribution in [0.4, 0.5) is 0 Å². The summed E-state index contributed by atoms with van der Waals surface area (Å²) < 4.78 is 0. The lowest BCUT2D eigenvalue weighted by molar-refractivity contribution is 0.547. The third-order valence-electron chi connectivity index (χ3n) is 4.02. The van der Waals surface area contributed by atoms with Crippen LogP contribution < -0.4 is 0 Å². The number of rotatable bonds is 3. The average Bonchev–Trinajstić information content (AvgIpc) is 2.98. The Morgan fingerprint density at radius 2 is 2.26 bits per heavy atom. The number of nitrogens with zero attached hydrogens (tertiary/aromatic N) is 2. The molecule has 1 saturated heterocycles. The van der Waals surface area contributed by atoms with Gasteiger partial charge in [0.1, 0.15) is 0 Å². The van der Waals surface area contributed by atoms with Gasteiger partial charge in [-0.15, -0.1) is 0 Å². The molecular weight excluding hydrogens is 234 g/mol. The maximum Gasteiger partial charge on any atom is 0.0987 e. The zero-order chi connectivity index (χ0) is 13.2. The fourth-order valence-electron chi connectivity index (χ4n) is 2.87. The first-order chi connectivity index (χ1) is 9.25. The number of aliphatic imine (C=N–C) groups is 1. The standard InChI is InChI=1S/C16H21N3/c1-12-5-3-6-14-13(11-18-16(12)14)8-9-17-15-7-4-10-19(15)2/h3,5-6,11,18H,4,7-10H2,1-2H3. The van der Waals surface area contributed by atoms with Crippen LogP contribution in [0.5, 0.6) is 0 Å². The number of nitrogens with one attached hydrogen (secondary N) is 1. The first-order valence-electron chi connectivity index (χ1n) is 7.06. The van der Waals surface area contributed by atoms with E-state index >= 15 is 0 Å². The zero-order valence-corrected chi connectivity index (χ0v) is 11.7. The molecule has 0 radical (unpaired) electrons. The number of para-hydroxylation sites is 1. The summed E-state index contributed by atoms with van der Waals surface area (Å²) in [6.07, 6.45) is 5.54. The number of hydrogen-bond acceptors (Lipinski definition) is 1. The summed E-state index contributed by atoms with van der Waals surface area (Å²) in [5.74, 6) is 1.27. The molecule has 2 heterocycles. The maximum absolute atomic E-state index is 4.74. The molecule has 3 nitrogen and oxygen atoms in total. The Labute approximate surface area is 114 Å². The molecule has 1 aliphatic heterocycles. The van der Waals surface area contributed by atoms with Crippen molar-refractivity contribution in [2.24, 2.45) is 4.99 Å². The van der Waals surface area contributed by atoms with Crippen LogP contribution in [-0.4, -0.2) is 35.9 Å². The highest BCUT2D eigenvalue weighted by atomic mass is 15.2. The van der Waals surface area contributed by atoms with Gasteiger partial charge in [-0.3, -0.25) is 4.99 Å². The van der Waals surface area contributed by atoms with Crippen LogP contribution in [0.15, 0.2) is 29.4 Å². The van der Waals surface area contributed by atoms with E-state index < -0.39 is 0 Å². The van der Waals surface area contributed by atoms with Gasteiger partial charge >= 0.3 is 0 Å². The molecular formula is C16H21N3. The number of amidine groups is 1. The van der Waals surface area contributed by atoms with Crippen LogP contribution in [0.25, 0.3) is 10.9 Å². The number of aromatic amines is 1. The summed E-state index contributed by atoms with van der Waals surface area (Å²) in [7, 11) is 2.14. The van der Waals surface area contributed by atoms with E-state index in [1.54, 1.807) is 0 Å². The lowest BCUT2D eigenvalue weighted by Gasteiger charge is -2.10. The molecule has 0 atom stereocenters. The smallest absolute Gasteiger partial charge is 0.0987 e. The maximum atomic E-state index is 4.74. The van der Waals surface area contributed by atoms with Gasteiger partial charge in [-0.2, -0.15) is 0 Å². The predicted octanol–water partition coefficient (Wildman–Crippen LogP) is 3.14. The largest absolute Gasteiger partial charge is 0.363 e. The van der Waals surface area contributed by atoms with Crippen LogP contribution in [0, 0.1) is 6.92 Å². The molecule has 0 bridgehead atoms. The van der Waals surface area contributed by atoms with Crippen molar-refractivity contribution in [3.8, 4) is 0 Å². The van der Waals surface area contributed by atoms with Gasteiger partial charge in [-0.25, -0.2) is 0 Å². The first-order valence-corrected chi connectivity index (χ1v) is 7.06. The summed E-state index contributed by atoms with van der Waals surface area (Å²) >= 11 is 0. The Morgan fingerprint density at radius 1 is 1.37 bits per heavy atom. The molecule has 0 spiro atoms. The molecule has 100 valence electrons. The number of aromatic nitrogens is 1. The molecule has 1 aromatic heterocycles. The Hall–Kier alpha value is -1.77. The van der Waals surface area contributed by atoms with Gasteiger partial charge in [-0.1, -0.05) is 18.2 Å². The Kier molecular flexibility index (Phi) is 3.28. The second kappa shape index (κ2) is 5.08. The fourth-order valence-corrected chi connectivity index (χ4v) is 2.87. The van der Waals surface area contributed by atoms with E-state index in [1.165, 1.54) is 34.3 Å². The van der Waals surface area contributed by atoms with Crippen molar-refractivity contribution >= 4 is 16.7 Å². The lowest BCUT2D eigenvalue weighted by atomic mass is 10.1. The minimum atomic E-state index is 0.889. The summed E-state index contributed by atoms with van der Waals surface area (Å²) in [4.78, 5) is 10.4. The third kappa shape index (κ3) is 2.37. The van der Waals surface area contributed by atoms with Crippen LogP contribution in [-0.2, 0) is 6.42 Å². The van der Waals surface area contributed by atoms with Crippen molar-refractivity contribution < 1.29 is 0 Å². The second-order valence-corrected chi connectivity index (χ2v) is 5.38. The molecule has 2 aromatic rings. The van der Waals surface area contributed by atoms with Gasteiger partial charge in [0.2, 0.25) is 0 Å². The predicted molar refractivity (Wildman–Crippen MR) is 80.9 cm³/mol. The number of likely N-dealkylation sites (tertiary alicyclic amines) is 1. The second-order valence-electron chi connectivity index (χ2n) is 5.38. The third-order valence-corrected chi connectivity index (χ3v) is 4.02. The van der Waals surface area contributed by atoms with Gasteiger partial charge in [0.25, 0.3) is 0 Å². The Bertz CT molecular complexity index is 609. The van der Waals surface area contributed by atoms with Crippen molar-refractivity contribution in [3.63, 3.8) is 0 Å². The number of benzene rings is 1. The molecule has 1 aliphatic rings. The molecule has 0 unspecified atom stereocenters. The highest BCUT2D eigenvalue weighted by Gasteiger charge is 2.13. The van der Waals surface area contributed by atoms with E-state index in [2.05, 4.69) is 48.3 Å². The molecule has 3 rings (SSSR count). The van der Waals surface area contributed by atoms with Crippen LogP contribution >= 0.6 is 0 Å². The average molecular weight is 255 g/mol. The minimum Gasteiger partial charge on any atom is -0.363 e. The van der Waals surface area contributed by atoms with E-state index in [-0.39, 0.29) is 0 Å².